The van der Waals surface area contributed by atoms with Crippen LogP contribution in [0.25, 0.3) is 0 Å². The molecule has 1 rings (SSSR count). The molecule has 4 heteroatoms. The minimum atomic E-state index is -0.554. The van der Waals surface area contributed by atoms with E-state index in [9.17, 15) is 4.39 Å². The van der Waals surface area contributed by atoms with Crippen molar-refractivity contribution in [3.8, 4) is 0 Å². The van der Waals surface area contributed by atoms with Gasteiger partial charge in [-0.1, -0.05) is 17.7 Å². The summed E-state index contributed by atoms with van der Waals surface area (Å²) in [5.41, 5.74) is 11.9. The van der Waals surface area contributed by atoms with Crippen molar-refractivity contribution in [1.82, 2.24) is 0 Å². The first-order valence-electron chi connectivity index (χ1n) is 4.32. The number of hydrogen-bond acceptors (Lipinski definition) is 2. The van der Waals surface area contributed by atoms with E-state index in [1.807, 2.05) is 13.8 Å². The summed E-state index contributed by atoms with van der Waals surface area (Å²) in [6.07, 6.45) is 0. The first-order valence-corrected chi connectivity index (χ1v) is 4.69. The number of halogens is 2. The lowest BCUT2D eigenvalue weighted by Crippen LogP contribution is -2.43. The van der Waals surface area contributed by atoms with Crippen molar-refractivity contribution < 1.29 is 4.39 Å². The Hall–Kier alpha value is -0.640. The van der Waals surface area contributed by atoms with Gasteiger partial charge in [0.05, 0.1) is 5.02 Å². The second-order valence-electron chi connectivity index (χ2n) is 3.97. The fraction of sp³-hybridized carbons (Fsp3) is 0.400. The van der Waals surface area contributed by atoms with Crippen molar-refractivity contribution in [3.05, 3.63) is 34.6 Å². The third kappa shape index (κ3) is 2.44. The zero-order chi connectivity index (χ0) is 10.9. The van der Waals surface area contributed by atoms with Crippen molar-refractivity contribution >= 4 is 11.6 Å². The average Bonchev–Trinajstić information content (AvgIpc) is 2.07. The summed E-state index contributed by atoms with van der Waals surface area (Å²) >= 11 is 5.64. The van der Waals surface area contributed by atoms with Gasteiger partial charge in [-0.15, -0.1) is 0 Å². The van der Waals surface area contributed by atoms with E-state index in [-0.39, 0.29) is 11.1 Å². The Bertz CT molecular complexity index is 333. The minimum absolute atomic E-state index is 0.0715. The third-order valence-corrected chi connectivity index (χ3v) is 2.39. The van der Waals surface area contributed by atoms with Crippen molar-refractivity contribution in [3.63, 3.8) is 0 Å². The Balaban J connectivity index is 3.03. The maximum Gasteiger partial charge on any atom is 0.141 e. The molecular formula is C10H14ClFN2. The van der Waals surface area contributed by atoms with Gasteiger partial charge >= 0.3 is 0 Å². The highest BCUT2D eigenvalue weighted by Crippen LogP contribution is 2.24. The number of benzene rings is 1. The standard InChI is InChI=1S/C10H14ClFN2/c1-10(2,14)9(13)6-3-4-8(12)7(11)5-6/h3-5,9H,13-14H2,1-2H3. The van der Waals surface area contributed by atoms with Crippen LogP contribution in [-0.4, -0.2) is 5.54 Å². The van der Waals surface area contributed by atoms with Crippen LogP contribution in [0.15, 0.2) is 18.2 Å². The summed E-state index contributed by atoms with van der Waals surface area (Å²) in [6, 6.07) is 4.04. The van der Waals surface area contributed by atoms with Crippen molar-refractivity contribution in [1.29, 1.82) is 0 Å². The van der Waals surface area contributed by atoms with Gasteiger partial charge in [0.2, 0.25) is 0 Å². The van der Waals surface area contributed by atoms with E-state index < -0.39 is 11.4 Å². The van der Waals surface area contributed by atoms with E-state index in [1.165, 1.54) is 12.1 Å². The molecule has 0 aromatic heterocycles. The predicted octanol–water partition coefficient (Wildman–Crippen LogP) is 2.22. The van der Waals surface area contributed by atoms with Gasteiger partial charge in [-0.05, 0) is 31.5 Å². The molecule has 0 bridgehead atoms. The van der Waals surface area contributed by atoms with Crippen molar-refractivity contribution in [2.75, 3.05) is 0 Å². The largest absolute Gasteiger partial charge is 0.324 e. The van der Waals surface area contributed by atoms with Crippen LogP contribution in [0.3, 0.4) is 0 Å². The number of hydrogen-bond donors (Lipinski definition) is 2. The highest BCUT2D eigenvalue weighted by molar-refractivity contribution is 6.30. The van der Waals surface area contributed by atoms with Gasteiger partial charge < -0.3 is 11.5 Å². The molecule has 4 N–H and O–H groups in total. The molecule has 14 heavy (non-hydrogen) atoms. The van der Waals surface area contributed by atoms with Crippen LogP contribution < -0.4 is 11.5 Å². The van der Waals surface area contributed by atoms with Gasteiger partial charge in [0, 0.05) is 11.6 Å². The van der Waals surface area contributed by atoms with Crippen LogP contribution >= 0.6 is 11.6 Å². The zero-order valence-corrected chi connectivity index (χ0v) is 8.98. The van der Waals surface area contributed by atoms with Crippen molar-refractivity contribution in [2.24, 2.45) is 11.5 Å². The molecule has 1 aromatic rings. The summed E-state index contributed by atoms with van der Waals surface area (Å²) in [7, 11) is 0. The molecule has 1 aromatic carbocycles. The van der Waals surface area contributed by atoms with E-state index >= 15 is 0 Å². The number of nitrogens with two attached hydrogens (primary N) is 2. The maximum absolute atomic E-state index is 12.9. The maximum atomic E-state index is 12.9. The molecular weight excluding hydrogens is 203 g/mol. The summed E-state index contributed by atoms with van der Waals surface area (Å²) in [5, 5.41) is 0.0715. The lowest BCUT2D eigenvalue weighted by atomic mass is 9.90. The highest BCUT2D eigenvalue weighted by Gasteiger charge is 2.23. The molecule has 0 spiro atoms. The summed E-state index contributed by atoms with van der Waals surface area (Å²) < 4.78 is 12.9. The van der Waals surface area contributed by atoms with E-state index in [1.54, 1.807) is 6.07 Å². The SMILES string of the molecule is CC(C)(N)C(N)c1ccc(F)c(Cl)c1. The summed E-state index contributed by atoms with van der Waals surface area (Å²) in [6.45, 7) is 3.63. The van der Waals surface area contributed by atoms with E-state index in [2.05, 4.69) is 0 Å². The molecule has 0 amide bonds. The molecule has 0 aliphatic carbocycles. The average molecular weight is 217 g/mol. The Kier molecular flexibility index (Phi) is 3.14. The van der Waals surface area contributed by atoms with Gasteiger partial charge in [0.15, 0.2) is 0 Å². The Morgan fingerprint density at radius 1 is 1.43 bits per heavy atom. The zero-order valence-electron chi connectivity index (χ0n) is 8.22. The Morgan fingerprint density at radius 3 is 2.43 bits per heavy atom. The lowest BCUT2D eigenvalue weighted by Gasteiger charge is -2.27. The normalized spacial score (nSPS) is 14.1. The first kappa shape index (κ1) is 11.4. The Labute approximate surface area is 88.0 Å². The molecule has 0 heterocycles. The van der Waals surface area contributed by atoms with E-state index in [4.69, 9.17) is 23.1 Å². The van der Waals surface area contributed by atoms with E-state index in [0.29, 0.717) is 0 Å². The van der Waals surface area contributed by atoms with Crippen LogP contribution in [0.1, 0.15) is 25.5 Å². The second kappa shape index (κ2) is 3.85. The molecule has 0 aliphatic heterocycles. The predicted molar refractivity (Wildman–Crippen MR) is 56.6 cm³/mol. The number of rotatable bonds is 2. The highest BCUT2D eigenvalue weighted by atomic mass is 35.5. The van der Waals surface area contributed by atoms with Crippen LogP contribution in [0.2, 0.25) is 5.02 Å². The monoisotopic (exact) mass is 216 g/mol. The molecule has 0 fully saturated rings. The smallest absolute Gasteiger partial charge is 0.141 e. The molecule has 0 saturated heterocycles. The van der Waals surface area contributed by atoms with Gasteiger partial charge in [-0.25, -0.2) is 4.39 Å². The molecule has 1 unspecified atom stereocenters. The lowest BCUT2D eigenvalue weighted by molar-refractivity contribution is 0.420. The van der Waals surface area contributed by atoms with Crippen LogP contribution in [0.5, 0.6) is 0 Å². The molecule has 78 valence electrons. The van der Waals surface area contributed by atoms with Gasteiger partial charge in [-0.3, -0.25) is 0 Å². The third-order valence-electron chi connectivity index (χ3n) is 2.10. The second-order valence-corrected chi connectivity index (χ2v) is 4.38. The molecule has 0 aliphatic rings. The molecule has 1 atom stereocenters. The van der Waals surface area contributed by atoms with Crippen LogP contribution in [-0.2, 0) is 0 Å². The van der Waals surface area contributed by atoms with Gasteiger partial charge in [-0.2, -0.15) is 0 Å². The van der Waals surface area contributed by atoms with Crippen molar-refractivity contribution in [2.45, 2.75) is 25.4 Å². The summed E-state index contributed by atoms with van der Waals surface area (Å²) in [4.78, 5) is 0. The molecule has 0 saturated carbocycles. The summed E-state index contributed by atoms with van der Waals surface area (Å²) in [5.74, 6) is -0.447. The molecule has 0 radical (unpaired) electrons. The van der Waals surface area contributed by atoms with Crippen LogP contribution in [0.4, 0.5) is 4.39 Å². The Morgan fingerprint density at radius 2 is 2.00 bits per heavy atom. The first-order chi connectivity index (χ1) is 6.32. The van der Waals surface area contributed by atoms with Crippen LogP contribution in [0, 0.1) is 5.82 Å². The topological polar surface area (TPSA) is 52.0 Å². The van der Waals surface area contributed by atoms with E-state index in [0.717, 1.165) is 5.56 Å². The fourth-order valence-corrected chi connectivity index (χ4v) is 1.32. The minimum Gasteiger partial charge on any atom is -0.324 e. The fourth-order valence-electron chi connectivity index (χ4n) is 1.14. The van der Waals surface area contributed by atoms with Gasteiger partial charge in [0.25, 0.3) is 0 Å². The van der Waals surface area contributed by atoms with Gasteiger partial charge in [0.1, 0.15) is 5.82 Å². The molecule has 2 nitrogen and oxygen atoms in total. The quantitative estimate of drug-likeness (QED) is 0.797.